The van der Waals surface area contributed by atoms with Gasteiger partial charge in [0.1, 0.15) is 11.6 Å². The molecule has 1 atom stereocenters. The first-order valence-corrected chi connectivity index (χ1v) is 9.21. The Bertz CT molecular complexity index is 1100. The van der Waals surface area contributed by atoms with Crippen molar-refractivity contribution in [3.05, 3.63) is 81.2 Å². The highest BCUT2D eigenvalue weighted by atomic mass is 19.1. The lowest BCUT2D eigenvalue weighted by Crippen LogP contribution is -2.31. The van der Waals surface area contributed by atoms with Crippen LogP contribution in [0.5, 0.6) is 0 Å². The van der Waals surface area contributed by atoms with E-state index in [0.717, 1.165) is 23.1 Å². The Balaban J connectivity index is 2.11. The van der Waals surface area contributed by atoms with Crippen LogP contribution in [-0.2, 0) is 14.4 Å². The number of carboxylic acids is 1. The second kappa shape index (κ2) is 8.74. The molecule has 1 unspecified atom stereocenters. The van der Waals surface area contributed by atoms with E-state index >= 15 is 0 Å². The number of hydrogen-bond acceptors (Lipinski definition) is 6. The number of non-ortho nitro benzene ring substituents is 1. The Morgan fingerprint density at radius 3 is 2.32 bits per heavy atom. The third kappa shape index (κ3) is 4.27. The summed E-state index contributed by atoms with van der Waals surface area (Å²) in [4.78, 5) is 47.4. The zero-order valence-electron chi connectivity index (χ0n) is 16.0. The fraction of sp³-hybridized carbons (Fsp3) is 0.190. The molecule has 9 nitrogen and oxygen atoms in total. The maximum absolute atomic E-state index is 14.6. The summed E-state index contributed by atoms with van der Waals surface area (Å²) in [5.41, 5.74) is -0.619. The number of carbonyl (C=O) groups is 3. The van der Waals surface area contributed by atoms with Crippen LogP contribution in [0.2, 0.25) is 0 Å². The van der Waals surface area contributed by atoms with Crippen LogP contribution in [0.15, 0.2) is 54.1 Å². The summed E-state index contributed by atoms with van der Waals surface area (Å²) in [5, 5.41) is 30.5. The van der Waals surface area contributed by atoms with Crippen molar-refractivity contribution in [3.63, 3.8) is 0 Å². The number of Topliss-reactive ketones (excluding diaryl/α,β-unsaturated/α-hetero) is 1. The second-order valence-electron chi connectivity index (χ2n) is 6.82. The van der Waals surface area contributed by atoms with E-state index < -0.39 is 40.2 Å². The number of nitrogens with zero attached hydrogens (tertiary/aromatic N) is 2. The zero-order chi connectivity index (χ0) is 22.7. The maximum atomic E-state index is 14.6. The zero-order valence-corrected chi connectivity index (χ0v) is 16.0. The maximum Gasteiger partial charge on any atom is 0.303 e. The molecule has 1 aliphatic rings. The Morgan fingerprint density at radius 1 is 1.10 bits per heavy atom. The predicted octanol–water partition coefficient (Wildman–Crippen LogP) is 3.02. The number of ketones is 1. The number of nitro benzene ring substituents is 1. The SMILES string of the molecule is O=C(O)CCCN1C(=O)C(=O)C(=C(O)c2ccc([N+](=O)[O-])cc2)C1c1ccccc1F. The highest BCUT2D eigenvalue weighted by Crippen LogP contribution is 2.40. The number of rotatable bonds is 7. The van der Waals surface area contributed by atoms with Gasteiger partial charge in [-0.1, -0.05) is 18.2 Å². The van der Waals surface area contributed by atoms with E-state index in [1.54, 1.807) is 0 Å². The van der Waals surface area contributed by atoms with Crippen molar-refractivity contribution in [2.45, 2.75) is 18.9 Å². The van der Waals surface area contributed by atoms with Crippen LogP contribution >= 0.6 is 0 Å². The van der Waals surface area contributed by atoms with E-state index in [1.807, 2.05) is 0 Å². The fourth-order valence-corrected chi connectivity index (χ4v) is 3.43. The largest absolute Gasteiger partial charge is 0.507 e. The molecular weight excluding hydrogens is 411 g/mol. The molecule has 1 fully saturated rings. The van der Waals surface area contributed by atoms with Gasteiger partial charge >= 0.3 is 5.97 Å². The number of nitro groups is 1. The third-order valence-corrected chi connectivity index (χ3v) is 4.88. The molecule has 1 heterocycles. The first-order valence-electron chi connectivity index (χ1n) is 9.21. The van der Waals surface area contributed by atoms with E-state index in [4.69, 9.17) is 5.11 Å². The van der Waals surface area contributed by atoms with Gasteiger partial charge in [0.25, 0.3) is 17.4 Å². The smallest absolute Gasteiger partial charge is 0.303 e. The molecular formula is C21H17FN2O7. The van der Waals surface area contributed by atoms with Crippen LogP contribution in [0.4, 0.5) is 10.1 Å². The Morgan fingerprint density at radius 2 is 1.74 bits per heavy atom. The standard InChI is InChI=1S/C21H17FN2O7/c22-15-5-2-1-4-14(15)18-17(19(27)12-7-9-13(10-8-12)24(30)31)20(28)21(29)23(18)11-3-6-16(25)26/h1-2,4-5,7-10,18,27H,3,6,11H2,(H,25,26). The molecule has 0 spiro atoms. The summed E-state index contributed by atoms with van der Waals surface area (Å²) in [7, 11) is 0. The molecule has 0 saturated carbocycles. The van der Waals surface area contributed by atoms with Gasteiger partial charge < -0.3 is 15.1 Å². The molecule has 0 aliphatic carbocycles. The number of aliphatic carboxylic acids is 1. The average molecular weight is 428 g/mol. The fourth-order valence-electron chi connectivity index (χ4n) is 3.43. The number of aliphatic hydroxyl groups excluding tert-OH is 1. The lowest BCUT2D eigenvalue weighted by molar-refractivity contribution is -0.384. The number of aliphatic hydroxyl groups is 1. The number of benzene rings is 2. The van der Waals surface area contributed by atoms with Crippen LogP contribution < -0.4 is 0 Å². The molecule has 2 aromatic carbocycles. The lowest BCUT2D eigenvalue weighted by Gasteiger charge is -2.25. The third-order valence-electron chi connectivity index (χ3n) is 4.88. The van der Waals surface area contributed by atoms with Crippen molar-refractivity contribution < 1.29 is 33.9 Å². The van der Waals surface area contributed by atoms with E-state index in [1.165, 1.54) is 30.3 Å². The molecule has 1 amide bonds. The van der Waals surface area contributed by atoms with Crippen molar-refractivity contribution in [1.82, 2.24) is 4.90 Å². The van der Waals surface area contributed by atoms with Gasteiger partial charge in [-0.2, -0.15) is 0 Å². The average Bonchev–Trinajstić information content (AvgIpc) is 2.98. The van der Waals surface area contributed by atoms with Crippen LogP contribution in [0.1, 0.15) is 30.0 Å². The van der Waals surface area contributed by atoms with E-state index in [0.29, 0.717) is 0 Å². The van der Waals surface area contributed by atoms with Gasteiger partial charge in [0.15, 0.2) is 0 Å². The summed E-state index contributed by atoms with van der Waals surface area (Å²) in [5.74, 6) is -4.47. The molecule has 3 rings (SSSR count). The van der Waals surface area contributed by atoms with Crippen LogP contribution in [0.25, 0.3) is 5.76 Å². The topological polar surface area (TPSA) is 138 Å². The van der Waals surface area contributed by atoms with Gasteiger partial charge in [-0.15, -0.1) is 0 Å². The van der Waals surface area contributed by atoms with E-state index in [2.05, 4.69) is 0 Å². The van der Waals surface area contributed by atoms with Crippen LogP contribution in [0, 0.1) is 15.9 Å². The predicted molar refractivity (Wildman–Crippen MR) is 105 cm³/mol. The number of hydrogen-bond donors (Lipinski definition) is 2. The quantitative estimate of drug-likeness (QED) is 0.227. The van der Waals surface area contributed by atoms with Gasteiger partial charge in [-0.05, 0) is 24.6 Å². The highest BCUT2D eigenvalue weighted by Gasteiger charge is 2.46. The molecule has 10 heteroatoms. The van der Waals surface area contributed by atoms with Crippen molar-refractivity contribution in [1.29, 1.82) is 0 Å². The Labute approximate surface area is 175 Å². The summed E-state index contributed by atoms with van der Waals surface area (Å²) in [6, 6.07) is 8.82. The van der Waals surface area contributed by atoms with Gasteiger partial charge in [0.05, 0.1) is 16.5 Å². The Kier molecular flexibility index (Phi) is 6.10. The van der Waals surface area contributed by atoms with Crippen LogP contribution in [0.3, 0.4) is 0 Å². The molecule has 1 saturated heterocycles. The van der Waals surface area contributed by atoms with Gasteiger partial charge in [0.2, 0.25) is 0 Å². The van der Waals surface area contributed by atoms with Crippen molar-refractivity contribution in [3.8, 4) is 0 Å². The molecule has 0 aromatic heterocycles. The minimum absolute atomic E-state index is 0.0187. The highest BCUT2D eigenvalue weighted by molar-refractivity contribution is 6.46. The molecule has 1 aliphatic heterocycles. The molecule has 0 radical (unpaired) electrons. The van der Waals surface area contributed by atoms with Crippen molar-refractivity contribution >= 4 is 29.1 Å². The summed E-state index contributed by atoms with van der Waals surface area (Å²) < 4.78 is 14.6. The van der Waals surface area contributed by atoms with Crippen molar-refractivity contribution in [2.75, 3.05) is 6.54 Å². The lowest BCUT2D eigenvalue weighted by atomic mass is 9.95. The summed E-state index contributed by atoms with van der Waals surface area (Å²) in [6.07, 6.45) is -0.250. The van der Waals surface area contributed by atoms with Gasteiger partial charge in [-0.3, -0.25) is 24.5 Å². The number of likely N-dealkylation sites (tertiary alicyclic amines) is 1. The normalized spacial score (nSPS) is 17.7. The number of amides is 1. The number of carbonyl (C=O) groups excluding carboxylic acids is 2. The first kappa shape index (κ1) is 21.6. The molecule has 160 valence electrons. The summed E-state index contributed by atoms with van der Waals surface area (Å²) in [6.45, 7) is -0.146. The van der Waals surface area contributed by atoms with Crippen molar-refractivity contribution in [2.24, 2.45) is 0 Å². The first-order chi connectivity index (χ1) is 14.7. The van der Waals surface area contributed by atoms with Gasteiger partial charge in [0, 0.05) is 36.2 Å². The monoisotopic (exact) mass is 428 g/mol. The molecule has 2 aromatic rings. The van der Waals surface area contributed by atoms with E-state index in [9.17, 15) is 34.0 Å². The van der Waals surface area contributed by atoms with Crippen LogP contribution in [-0.4, -0.2) is 44.2 Å². The molecule has 2 N–H and O–H groups in total. The van der Waals surface area contributed by atoms with E-state index in [-0.39, 0.29) is 41.8 Å². The Hall–Kier alpha value is -4.08. The number of carboxylic acid groups (broad SMARTS) is 1. The minimum Gasteiger partial charge on any atom is -0.507 e. The van der Waals surface area contributed by atoms with Gasteiger partial charge in [-0.25, -0.2) is 4.39 Å². The second-order valence-corrected chi connectivity index (χ2v) is 6.82. The minimum atomic E-state index is -1.27. The summed E-state index contributed by atoms with van der Waals surface area (Å²) >= 11 is 0. The molecule has 0 bridgehead atoms. The molecule has 31 heavy (non-hydrogen) atoms. The number of halogens is 1.